The van der Waals surface area contributed by atoms with Crippen molar-refractivity contribution in [2.24, 2.45) is 0 Å². The fourth-order valence-corrected chi connectivity index (χ4v) is 3.23. The van der Waals surface area contributed by atoms with E-state index < -0.39 is 0 Å². The van der Waals surface area contributed by atoms with Gasteiger partial charge in [0.05, 0.1) is 0 Å². The number of rotatable bonds is 7. The maximum Gasteiger partial charge on any atom is 0.315 e. The summed E-state index contributed by atoms with van der Waals surface area (Å²) in [5.41, 5.74) is 4.10. The second-order valence-electron chi connectivity index (χ2n) is 6.44. The van der Waals surface area contributed by atoms with Crippen molar-refractivity contribution < 1.29 is 4.79 Å². The zero-order valence-electron chi connectivity index (χ0n) is 14.3. The highest BCUT2D eigenvalue weighted by atomic mass is 16.2. The zero-order valence-corrected chi connectivity index (χ0v) is 14.3. The van der Waals surface area contributed by atoms with Crippen molar-refractivity contribution in [1.29, 1.82) is 0 Å². The Kier molecular flexibility index (Phi) is 5.51. The molecule has 0 spiro atoms. The smallest absolute Gasteiger partial charge is 0.315 e. The second-order valence-corrected chi connectivity index (χ2v) is 6.44. The third kappa shape index (κ3) is 4.37. The number of imidazole rings is 1. The van der Waals surface area contributed by atoms with E-state index in [4.69, 9.17) is 0 Å². The van der Waals surface area contributed by atoms with E-state index in [1.54, 1.807) is 0 Å². The molecular formula is C19H26N4O. The van der Waals surface area contributed by atoms with Crippen LogP contribution >= 0.6 is 0 Å². The average Bonchev–Trinajstić information content (AvgIpc) is 3.21. The summed E-state index contributed by atoms with van der Waals surface area (Å²) >= 11 is 0. The minimum Gasteiger partial charge on any atom is -0.338 e. The van der Waals surface area contributed by atoms with Crippen molar-refractivity contribution in [3.05, 3.63) is 53.1 Å². The third-order valence-corrected chi connectivity index (χ3v) is 4.65. The van der Waals surface area contributed by atoms with E-state index in [0.29, 0.717) is 13.1 Å². The summed E-state index contributed by atoms with van der Waals surface area (Å²) in [5, 5.41) is 5.86. The molecular weight excluding hydrogens is 300 g/mol. The van der Waals surface area contributed by atoms with E-state index in [2.05, 4.69) is 38.4 Å². The van der Waals surface area contributed by atoms with E-state index >= 15 is 0 Å². The Morgan fingerprint density at radius 1 is 1.21 bits per heavy atom. The number of fused-ring (bicyclic) bond motifs is 1. The number of nitrogens with one attached hydrogen (secondary N) is 2. The number of aromatic nitrogens is 2. The van der Waals surface area contributed by atoms with Gasteiger partial charge in [-0.15, -0.1) is 0 Å². The van der Waals surface area contributed by atoms with Crippen LogP contribution in [-0.4, -0.2) is 22.1 Å². The number of hydrogen-bond donors (Lipinski definition) is 2. The first kappa shape index (κ1) is 16.6. The highest BCUT2D eigenvalue weighted by Crippen LogP contribution is 2.22. The molecule has 1 heterocycles. The van der Waals surface area contributed by atoms with Crippen LogP contribution in [0.2, 0.25) is 0 Å². The SMILES string of the molecule is Cc1nccn1CCCCNC(=O)NCc1ccc2c(c1)CCC2. The number of carbonyl (C=O) groups is 1. The summed E-state index contributed by atoms with van der Waals surface area (Å²) in [7, 11) is 0. The molecule has 1 aromatic heterocycles. The van der Waals surface area contributed by atoms with E-state index in [9.17, 15) is 4.79 Å². The zero-order chi connectivity index (χ0) is 16.8. The normalized spacial score (nSPS) is 12.9. The maximum atomic E-state index is 11.9. The van der Waals surface area contributed by atoms with Gasteiger partial charge >= 0.3 is 6.03 Å². The first-order chi connectivity index (χ1) is 11.7. The molecule has 0 radical (unpaired) electrons. The average molecular weight is 326 g/mol. The lowest BCUT2D eigenvalue weighted by molar-refractivity contribution is 0.240. The third-order valence-electron chi connectivity index (χ3n) is 4.65. The lowest BCUT2D eigenvalue weighted by Crippen LogP contribution is -2.35. The van der Waals surface area contributed by atoms with Crippen LogP contribution in [0.15, 0.2) is 30.6 Å². The minimum atomic E-state index is -0.0886. The summed E-state index contributed by atoms with van der Waals surface area (Å²) in [6.45, 7) is 4.24. The van der Waals surface area contributed by atoms with Crippen LogP contribution in [0.25, 0.3) is 0 Å². The van der Waals surface area contributed by atoms with E-state index in [-0.39, 0.29) is 6.03 Å². The van der Waals surface area contributed by atoms with Gasteiger partial charge in [0.1, 0.15) is 5.82 Å². The Balaban J connectivity index is 1.31. The molecule has 2 amide bonds. The van der Waals surface area contributed by atoms with Crippen LogP contribution in [0.3, 0.4) is 0 Å². The number of unbranched alkanes of at least 4 members (excludes halogenated alkanes) is 1. The van der Waals surface area contributed by atoms with Crippen molar-refractivity contribution in [3.8, 4) is 0 Å². The fourth-order valence-electron chi connectivity index (χ4n) is 3.23. The minimum absolute atomic E-state index is 0.0886. The highest BCUT2D eigenvalue weighted by molar-refractivity contribution is 5.73. The number of urea groups is 1. The van der Waals surface area contributed by atoms with Gasteiger partial charge in [-0.05, 0) is 55.7 Å². The molecule has 0 saturated heterocycles. The summed E-state index contributed by atoms with van der Waals surface area (Å²) in [6.07, 6.45) is 9.43. The molecule has 2 aromatic rings. The van der Waals surface area contributed by atoms with Crippen LogP contribution < -0.4 is 10.6 Å². The van der Waals surface area contributed by atoms with Crippen molar-refractivity contribution in [2.75, 3.05) is 6.54 Å². The highest BCUT2D eigenvalue weighted by Gasteiger charge is 2.10. The van der Waals surface area contributed by atoms with Gasteiger partial charge in [0.25, 0.3) is 0 Å². The first-order valence-electron chi connectivity index (χ1n) is 8.82. The van der Waals surface area contributed by atoms with Gasteiger partial charge < -0.3 is 15.2 Å². The van der Waals surface area contributed by atoms with Gasteiger partial charge in [-0.25, -0.2) is 9.78 Å². The molecule has 1 aromatic carbocycles. The Morgan fingerprint density at radius 2 is 2.08 bits per heavy atom. The predicted molar refractivity (Wildman–Crippen MR) is 94.9 cm³/mol. The molecule has 128 valence electrons. The van der Waals surface area contributed by atoms with Gasteiger partial charge in [0.15, 0.2) is 0 Å². The summed E-state index contributed by atoms with van der Waals surface area (Å²) < 4.78 is 2.13. The predicted octanol–water partition coefficient (Wildman–Crippen LogP) is 2.96. The van der Waals surface area contributed by atoms with E-state index in [0.717, 1.165) is 25.2 Å². The Labute approximate surface area is 143 Å². The van der Waals surface area contributed by atoms with Gasteiger partial charge in [0.2, 0.25) is 0 Å². The number of amides is 2. The van der Waals surface area contributed by atoms with E-state index in [1.165, 1.54) is 36.0 Å². The maximum absolute atomic E-state index is 11.9. The van der Waals surface area contributed by atoms with Crippen LogP contribution in [0.5, 0.6) is 0 Å². The molecule has 0 aliphatic heterocycles. The number of benzene rings is 1. The lowest BCUT2D eigenvalue weighted by atomic mass is 10.1. The quantitative estimate of drug-likeness (QED) is 0.769. The molecule has 0 unspecified atom stereocenters. The standard InChI is InChI=1S/C19H26N4O/c1-15-20-10-12-23(15)11-3-2-9-21-19(24)22-14-16-7-8-17-5-4-6-18(17)13-16/h7-8,10,12-13H,2-6,9,11,14H2,1H3,(H2,21,22,24). The molecule has 2 N–H and O–H groups in total. The van der Waals surface area contributed by atoms with Crippen molar-refractivity contribution >= 4 is 6.03 Å². The van der Waals surface area contributed by atoms with Gasteiger partial charge in [0, 0.05) is 32.0 Å². The lowest BCUT2D eigenvalue weighted by Gasteiger charge is -2.09. The molecule has 0 fully saturated rings. The molecule has 0 atom stereocenters. The van der Waals surface area contributed by atoms with Crippen LogP contribution in [0.1, 0.15) is 41.8 Å². The molecule has 3 rings (SSSR count). The van der Waals surface area contributed by atoms with E-state index in [1.807, 2.05) is 19.3 Å². The Hall–Kier alpha value is -2.30. The largest absolute Gasteiger partial charge is 0.338 e. The van der Waals surface area contributed by atoms with Crippen LogP contribution in [0.4, 0.5) is 4.79 Å². The summed E-state index contributed by atoms with van der Waals surface area (Å²) in [4.78, 5) is 16.1. The molecule has 5 heteroatoms. The number of hydrogen-bond acceptors (Lipinski definition) is 2. The number of aryl methyl sites for hydroxylation is 4. The van der Waals surface area contributed by atoms with Gasteiger partial charge in [-0.2, -0.15) is 0 Å². The van der Waals surface area contributed by atoms with Crippen LogP contribution in [-0.2, 0) is 25.9 Å². The molecule has 1 aliphatic carbocycles. The molecule has 5 nitrogen and oxygen atoms in total. The van der Waals surface area contributed by atoms with Crippen molar-refractivity contribution in [1.82, 2.24) is 20.2 Å². The summed E-state index contributed by atoms with van der Waals surface area (Å²) in [6, 6.07) is 6.47. The van der Waals surface area contributed by atoms with Gasteiger partial charge in [-0.3, -0.25) is 0 Å². The Morgan fingerprint density at radius 3 is 2.92 bits per heavy atom. The van der Waals surface area contributed by atoms with Crippen molar-refractivity contribution in [2.45, 2.75) is 52.1 Å². The fraction of sp³-hybridized carbons (Fsp3) is 0.474. The second kappa shape index (κ2) is 7.99. The molecule has 24 heavy (non-hydrogen) atoms. The summed E-state index contributed by atoms with van der Waals surface area (Å²) in [5.74, 6) is 1.04. The number of carbonyl (C=O) groups excluding carboxylic acids is 1. The molecule has 0 bridgehead atoms. The monoisotopic (exact) mass is 326 g/mol. The first-order valence-corrected chi connectivity index (χ1v) is 8.82. The molecule has 0 saturated carbocycles. The van der Waals surface area contributed by atoms with Crippen LogP contribution in [0, 0.1) is 6.92 Å². The van der Waals surface area contributed by atoms with Crippen molar-refractivity contribution in [3.63, 3.8) is 0 Å². The topological polar surface area (TPSA) is 59.0 Å². The number of nitrogens with zero attached hydrogens (tertiary/aromatic N) is 2. The molecule has 1 aliphatic rings. The van der Waals surface area contributed by atoms with Gasteiger partial charge in [-0.1, -0.05) is 18.2 Å². The Bertz CT molecular complexity index is 692.